The molecule has 2 rings (SSSR count). The maximum absolute atomic E-state index is 6.08. The molecule has 2 nitrogen and oxygen atoms in total. The van der Waals surface area contributed by atoms with Gasteiger partial charge in [0.25, 0.3) is 0 Å². The molecule has 5 atom stereocenters. The molecule has 1 aliphatic heterocycles. The lowest BCUT2D eigenvalue weighted by Gasteiger charge is -2.30. The molecule has 1 aliphatic rings. The Labute approximate surface area is 127 Å². The second kappa shape index (κ2) is 6.59. The number of nitrogens with one attached hydrogen (secondary N) is 1. The van der Waals surface area contributed by atoms with Gasteiger partial charge in [-0.3, -0.25) is 0 Å². The lowest BCUT2D eigenvalue weighted by molar-refractivity contribution is 0.0475. The molecular weight excluding hydrogens is 266 g/mol. The van der Waals surface area contributed by atoms with Gasteiger partial charge in [-0.05, 0) is 58.2 Å². The van der Waals surface area contributed by atoms with E-state index in [9.17, 15) is 0 Å². The summed E-state index contributed by atoms with van der Waals surface area (Å²) in [5.41, 5.74) is 1.49. The summed E-state index contributed by atoms with van der Waals surface area (Å²) in [5.74, 6) is 1.16. The van der Waals surface area contributed by atoms with E-state index in [0.717, 1.165) is 6.54 Å². The van der Waals surface area contributed by atoms with Crippen LogP contribution in [0.25, 0.3) is 0 Å². The Morgan fingerprint density at radius 3 is 2.40 bits per heavy atom. The molecule has 3 heteroatoms. The summed E-state index contributed by atoms with van der Waals surface area (Å²) < 4.78 is 6.08. The van der Waals surface area contributed by atoms with E-state index >= 15 is 0 Å². The van der Waals surface area contributed by atoms with E-state index in [1.807, 2.05) is 11.3 Å². The van der Waals surface area contributed by atoms with Crippen molar-refractivity contribution in [3.8, 4) is 0 Å². The first kappa shape index (κ1) is 16.0. The molecule has 0 saturated carbocycles. The summed E-state index contributed by atoms with van der Waals surface area (Å²) >= 11 is 1.91. The summed E-state index contributed by atoms with van der Waals surface area (Å²) in [4.78, 5) is 2.86. The Bertz CT molecular complexity index is 442. The van der Waals surface area contributed by atoms with E-state index in [1.165, 1.54) is 21.7 Å². The molecule has 0 radical (unpaired) electrons. The molecular formula is C17H29NOS. The third kappa shape index (κ3) is 3.10. The van der Waals surface area contributed by atoms with Crippen molar-refractivity contribution in [1.29, 1.82) is 0 Å². The van der Waals surface area contributed by atoms with Crippen LogP contribution in [0.5, 0.6) is 0 Å². The highest BCUT2D eigenvalue weighted by atomic mass is 32.1. The molecule has 114 valence electrons. The van der Waals surface area contributed by atoms with Gasteiger partial charge < -0.3 is 10.1 Å². The highest BCUT2D eigenvalue weighted by Crippen LogP contribution is 2.42. The molecule has 2 heterocycles. The van der Waals surface area contributed by atoms with Crippen LogP contribution in [0.3, 0.4) is 0 Å². The first-order valence-corrected chi connectivity index (χ1v) is 8.73. The van der Waals surface area contributed by atoms with Gasteiger partial charge in [-0.1, -0.05) is 13.8 Å². The molecule has 0 aliphatic carbocycles. The van der Waals surface area contributed by atoms with Gasteiger partial charge in [0.15, 0.2) is 0 Å². The van der Waals surface area contributed by atoms with Crippen LogP contribution in [0.2, 0.25) is 0 Å². The number of ether oxygens (including phenoxy) is 1. The summed E-state index contributed by atoms with van der Waals surface area (Å²) in [6.07, 6.45) is 1.86. The van der Waals surface area contributed by atoms with Crippen LogP contribution in [-0.2, 0) is 4.74 Å². The molecule has 5 unspecified atom stereocenters. The van der Waals surface area contributed by atoms with Gasteiger partial charge in [-0.15, -0.1) is 11.3 Å². The molecule has 0 aromatic carbocycles. The van der Waals surface area contributed by atoms with E-state index < -0.39 is 0 Å². The smallest absolute Gasteiger partial charge is 0.0600 e. The molecule has 1 saturated heterocycles. The SMILES string of the molecule is CCCNC(c1cc(C)sc1C)C1C(C)OC(C)C1C. The zero-order chi connectivity index (χ0) is 14.9. The molecule has 1 N–H and O–H groups in total. The van der Waals surface area contributed by atoms with Gasteiger partial charge in [0.1, 0.15) is 0 Å². The standard InChI is InChI=1S/C17H29NOS/c1-7-8-18-17(15-9-10(2)20-14(15)6)16-11(3)12(4)19-13(16)5/h9,11-13,16-18H,7-8H2,1-6H3. The number of hydrogen-bond donors (Lipinski definition) is 1. The summed E-state index contributed by atoms with van der Waals surface area (Å²) in [5, 5.41) is 3.79. The first-order valence-electron chi connectivity index (χ1n) is 7.91. The zero-order valence-corrected chi connectivity index (χ0v) is 14.5. The van der Waals surface area contributed by atoms with Crippen molar-refractivity contribution in [2.45, 2.75) is 66.2 Å². The third-order valence-electron chi connectivity index (χ3n) is 4.73. The van der Waals surface area contributed by atoms with E-state index in [2.05, 4.69) is 52.9 Å². The van der Waals surface area contributed by atoms with E-state index in [4.69, 9.17) is 4.74 Å². The van der Waals surface area contributed by atoms with E-state index in [1.54, 1.807) is 0 Å². The Morgan fingerprint density at radius 2 is 1.95 bits per heavy atom. The summed E-state index contributed by atoms with van der Waals surface area (Å²) in [7, 11) is 0. The minimum absolute atomic E-state index is 0.328. The minimum Gasteiger partial charge on any atom is -0.375 e. The van der Waals surface area contributed by atoms with Gasteiger partial charge in [0, 0.05) is 21.7 Å². The van der Waals surface area contributed by atoms with Crippen molar-refractivity contribution in [2.24, 2.45) is 11.8 Å². The maximum Gasteiger partial charge on any atom is 0.0600 e. The number of aryl methyl sites for hydroxylation is 2. The van der Waals surface area contributed by atoms with Crippen molar-refractivity contribution in [1.82, 2.24) is 5.32 Å². The third-order valence-corrected chi connectivity index (χ3v) is 5.71. The Kier molecular flexibility index (Phi) is 5.27. The van der Waals surface area contributed by atoms with Crippen LogP contribution >= 0.6 is 11.3 Å². The second-order valence-corrected chi connectivity index (χ2v) is 7.74. The van der Waals surface area contributed by atoms with E-state index in [0.29, 0.717) is 30.1 Å². The van der Waals surface area contributed by atoms with Gasteiger partial charge >= 0.3 is 0 Å². The molecule has 20 heavy (non-hydrogen) atoms. The lowest BCUT2D eigenvalue weighted by atomic mass is 9.80. The molecule has 1 aromatic rings. The molecule has 1 fully saturated rings. The van der Waals surface area contributed by atoms with Crippen LogP contribution in [0.1, 0.15) is 55.5 Å². The van der Waals surface area contributed by atoms with Crippen LogP contribution in [0, 0.1) is 25.7 Å². The fourth-order valence-electron chi connectivity index (χ4n) is 3.58. The zero-order valence-electron chi connectivity index (χ0n) is 13.7. The number of rotatable bonds is 5. The van der Waals surface area contributed by atoms with Gasteiger partial charge in [0.2, 0.25) is 0 Å². The maximum atomic E-state index is 6.08. The van der Waals surface area contributed by atoms with Crippen molar-refractivity contribution in [3.05, 3.63) is 21.4 Å². The topological polar surface area (TPSA) is 21.3 Å². The molecule has 0 amide bonds. The fraction of sp³-hybridized carbons (Fsp3) is 0.765. The average molecular weight is 295 g/mol. The van der Waals surface area contributed by atoms with Crippen molar-refractivity contribution < 1.29 is 4.74 Å². The van der Waals surface area contributed by atoms with Crippen LogP contribution < -0.4 is 5.32 Å². The number of thiophene rings is 1. The molecule has 1 aromatic heterocycles. The predicted octanol–water partition coefficient (Wildman–Crippen LogP) is 4.47. The normalized spacial score (nSPS) is 31.7. The largest absolute Gasteiger partial charge is 0.375 e. The number of hydrogen-bond acceptors (Lipinski definition) is 3. The summed E-state index contributed by atoms with van der Waals surface area (Å²) in [6, 6.07) is 2.80. The predicted molar refractivity (Wildman–Crippen MR) is 87.5 cm³/mol. The molecule has 0 spiro atoms. The fourth-order valence-corrected chi connectivity index (χ4v) is 4.55. The molecule has 0 bridgehead atoms. The Morgan fingerprint density at radius 1 is 1.25 bits per heavy atom. The van der Waals surface area contributed by atoms with E-state index in [-0.39, 0.29) is 0 Å². The van der Waals surface area contributed by atoms with Gasteiger partial charge in [-0.25, -0.2) is 0 Å². The quantitative estimate of drug-likeness (QED) is 0.865. The van der Waals surface area contributed by atoms with Crippen LogP contribution in [0.4, 0.5) is 0 Å². The summed E-state index contributed by atoms with van der Waals surface area (Å²) in [6.45, 7) is 14.6. The average Bonchev–Trinajstić information content (AvgIpc) is 2.83. The van der Waals surface area contributed by atoms with Crippen LogP contribution in [0.15, 0.2) is 6.07 Å². The Hall–Kier alpha value is -0.380. The van der Waals surface area contributed by atoms with Gasteiger partial charge in [0.05, 0.1) is 12.2 Å². The monoisotopic (exact) mass is 295 g/mol. The second-order valence-electron chi connectivity index (χ2n) is 6.28. The van der Waals surface area contributed by atoms with Gasteiger partial charge in [-0.2, -0.15) is 0 Å². The van der Waals surface area contributed by atoms with Crippen molar-refractivity contribution >= 4 is 11.3 Å². The lowest BCUT2D eigenvalue weighted by Crippen LogP contribution is -2.35. The minimum atomic E-state index is 0.328. The first-order chi connectivity index (χ1) is 9.45. The highest BCUT2D eigenvalue weighted by Gasteiger charge is 2.42. The Balaban J connectivity index is 2.30. The van der Waals surface area contributed by atoms with Crippen molar-refractivity contribution in [3.63, 3.8) is 0 Å². The van der Waals surface area contributed by atoms with Crippen LogP contribution in [-0.4, -0.2) is 18.8 Å². The highest BCUT2D eigenvalue weighted by molar-refractivity contribution is 7.12. The van der Waals surface area contributed by atoms with Crippen molar-refractivity contribution in [2.75, 3.05) is 6.54 Å².